The van der Waals surface area contributed by atoms with Crippen LogP contribution in [-0.2, 0) is 11.8 Å². The van der Waals surface area contributed by atoms with Crippen molar-refractivity contribution in [2.24, 2.45) is 24.8 Å². The van der Waals surface area contributed by atoms with Gasteiger partial charge in [0, 0.05) is 30.4 Å². The van der Waals surface area contributed by atoms with Crippen molar-refractivity contribution in [3.05, 3.63) is 46.5 Å². The van der Waals surface area contributed by atoms with Gasteiger partial charge in [0.15, 0.2) is 0 Å². The van der Waals surface area contributed by atoms with Crippen LogP contribution in [0.25, 0.3) is 23.4 Å². The van der Waals surface area contributed by atoms with E-state index >= 15 is 0 Å². The third-order valence-electron chi connectivity index (χ3n) is 7.15. The van der Waals surface area contributed by atoms with Crippen molar-refractivity contribution in [2.45, 2.75) is 51.4 Å². The van der Waals surface area contributed by atoms with Gasteiger partial charge in [-0.05, 0) is 78.3 Å². The Morgan fingerprint density at radius 1 is 1.07 bits per heavy atom. The molecule has 1 heterocycles. The van der Waals surface area contributed by atoms with E-state index in [4.69, 9.17) is 0 Å². The average Bonchev–Trinajstić information content (AvgIpc) is 3.41. The highest BCUT2D eigenvalue weighted by Gasteiger charge is 2.35. The van der Waals surface area contributed by atoms with Gasteiger partial charge in [-0.3, -0.25) is 4.79 Å². The summed E-state index contributed by atoms with van der Waals surface area (Å²) in [5.41, 5.74) is 4.10. The molecule has 3 aliphatic rings. The van der Waals surface area contributed by atoms with Gasteiger partial charge in [-0.1, -0.05) is 37.3 Å². The zero-order valence-corrected chi connectivity index (χ0v) is 16.4. The number of hydrogen-bond donors (Lipinski definition) is 0. The Morgan fingerprint density at radius 3 is 2.63 bits per heavy atom. The molecule has 2 fully saturated rings. The second-order valence-corrected chi connectivity index (χ2v) is 8.82. The fourth-order valence-corrected chi connectivity index (χ4v) is 5.30. The van der Waals surface area contributed by atoms with E-state index in [0.717, 1.165) is 37.5 Å². The lowest BCUT2D eigenvalue weighted by atomic mass is 9.76. The number of carbonyl (C=O) groups excluding carboxylic acids is 1. The Bertz CT molecular complexity index is 1000. The first-order chi connectivity index (χ1) is 13.1. The molecule has 5 rings (SSSR count). The molecule has 1 aromatic carbocycles. The van der Waals surface area contributed by atoms with Crippen molar-refractivity contribution >= 4 is 17.9 Å². The number of benzene rings is 1. The summed E-state index contributed by atoms with van der Waals surface area (Å²) in [5.74, 6) is 2.95. The molecule has 2 atom stereocenters. The van der Waals surface area contributed by atoms with E-state index in [2.05, 4.69) is 54.1 Å². The SMILES string of the molecule is CCC(=O)C1CCC(c2cccc(-c3cc4c(n3C)=CC3CC3C=4)c2)CC1. The molecule has 2 aromatic rings. The Kier molecular flexibility index (Phi) is 4.11. The minimum atomic E-state index is 0.312. The maximum atomic E-state index is 12.0. The second kappa shape index (κ2) is 6.51. The fraction of sp³-hybridized carbons (Fsp3) is 0.480. The minimum Gasteiger partial charge on any atom is -0.344 e. The molecule has 2 saturated carbocycles. The molecule has 0 spiro atoms. The van der Waals surface area contributed by atoms with Crippen LogP contribution < -0.4 is 10.6 Å². The molecular weight excluding hydrogens is 330 g/mol. The van der Waals surface area contributed by atoms with Gasteiger partial charge >= 0.3 is 0 Å². The number of fused-ring (bicyclic) bond motifs is 2. The molecule has 0 saturated heterocycles. The van der Waals surface area contributed by atoms with E-state index in [1.54, 1.807) is 0 Å². The van der Waals surface area contributed by atoms with Crippen LogP contribution in [0.5, 0.6) is 0 Å². The lowest BCUT2D eigenvalue weighted by Crippen LogP contribution is -2.29. The Balaban J connectivity index is 1.41. The third-order valence-corrected chi connectivity index (χ3v) is 7.15. The highest BCUT2D eigenvalue weighted by Crippen LogP contribution is 2.42. The predicted molar refractivity (Wildman–Crippen MR) is 111 cm³/mol. The van der Waals surface area contributed by atoms with Crippen LogP contribution in [0.15, 0.2) is 30.3 Å². The third kappa shape index (κ3) is 2.99. The lowest BCUT2D eigenvalue weighted by Gasteiger charge is -2.28. The molecule has 0 N–H and O–H groups in total. The zero-order chi connectivity index (χ0) is 18.5. The number of Topliss-reactive ketones (excluding diaryl/α,β-unsaturated/α-hetero) is 1. The van der Waals surface area contributed by atoms with E-state index in [0.29, 0.717) is 24.0 Å². The van der Waals surface area contributed by atoms with Gasteiger partial charge in [0.05, 0.1) is 0 Å². The molecule has 0 amide bonds. The Labute approximate surface area is 161 Å². The molecule has 1 aromatic heterocycles. The summed E-state index contributed by atoms with van der Waals surface area (Å²) in [4.78, 5) is 12.0. The van der Waals surface area contributed by atoms with E-state index in [-0.39, 0.29) is 0 Å². The van der Waals surface area contributed by atoms with Crippen molar-refractivity contribution < 1.29 is 4.79 Å². The summed E-state index contributed by atoms with van der Waals surface area (Å²) in [6.45, 7) is 2.00. The molecule has 2 heteroatoms. The zero-order valence-electron chi connectivity index (χ0n) is 16.4. The summed E-state index contributed by atoms with van der Waals surface area (Å²) in [7, 11) is 2.20. The molecule has 0 aliphatic heterocycles. The highest BCUT2D eigenvalue weighted by molar-refractivity contribution is 5.80. The number of nitrogens with zero attached hydrogens (tertiary/aromatic N) is 1. The maximum absolute atomic E-state index is 12.0. The quantitative estimate of drug-likeness (QED) is 0.804. The standard InChI is InChI=1S/C25H29NO/c1-3-25(27)17-9-7-16(8-10-17)18-5-4-6-19(11-18)23-15-22-13-20-12-21(20)14-24(22)26(23)2/h4-6,11,13-17,20-21H,3,7-10,12H2,1-2H3. The van der Waals surface area contributed by atoms with E-state index < -0.39 is 0 Å². The van der Waals surface area contributed by atoms with E-state index in [1.165, 1.54) is 33.8 Å². The van der Waals surface area contributed by atoms with Gasteiger partial charge in [-0.15, -0.1) is 0 Å². The Morgan fingerprint density at radius 2 is 1.85 bits per heavy atom. The van der Waals surface area contributed by atoms with Gasteiger partial charge < -0.3 is 4.57 Å². The van der Waals surface area contributed by atoms with Crippen LogP contribution in [0.3, 0.4) is 0 Å². The van der Waals surface area contributed by atoms with Gasteiger partial charge in [0.1, 0.15) is 5.78 Å². The van der Waals surface area contributed by atoms with Gasteiger partial charge in [-0.2, -0.15) is 0 Å². The van der Waals surface area contributed by atoms with Crippen LogP contribution in [0.2, 0.25) is 0 Å². The van der Waals surface area contributed by atoms with Gasteiger partial charge in [-0.25, -0.2) is 0 Å². The van der Waals surface area contributed by atoms with E-state index in [9.17, 15) is 4.79 Å². The summed E-state index contributed by atoms with van der Waals surface area (Å²) in [6, 6.07) is 11.5. The van der Waals surface area contributed by atoms with Crippen LogP contribution in [-0.4, -0.2) is 10.4 Å². The summed E-state index contributed by atoms with van der Waals surface area (Å²) in [6.07, 6.45) is 11.4. The van der Waals surface area contributed by atoms with Gasteiger partial charge in [0.2, 0.25) is 0 Å². The molecule has 3 aliphatic carbocycles. The summed E-state index contributed by atoms with van der Waals surface area (Å²) < 4.78 is 2.37. The number of rotatable bonds is 4. The fourth-order valence-electron chi connectivity index (χ4n) is 5.30. The second-order valence-electron chi connectivity index (χ2n) is 8.82. The summed E-state index contributed by atoms with van der Waals surface area (Å²) in [5, 5.41) is 2.81. The van der Waals surface area contributed by atoms with Crippen LogP contribution >= 0.6 is 0 Å². The first-order valence-electron chi connectivity index (χ1n) is 10.7. The molecule has 0 radical (unpaired) electrons. The van der Waals surface area contributed by atoms with Crippen LogP contribution in [0.1, 0.15) is 56.9 Å². The maximum Gasteiger partial charge on any atom is 0.135 e. The molecule has 140 valence electrons. The first kappa shape index (κ1) is 17.0. The number of hydrogen-bond acceptors (Lipinski definition) is 1. The predicted octanol–water partition coefficient (Wildman–Crippen LogP) is 4.16. The van der Waals surface area contributed by atoms with E-state index in [1.807, 2.05) is 6.92 Å². The first-order valence-corrected chi connectivity index (χ1v) is 10.7. The van der Waals surface area contributed by atoms with Crippen molar-refractivity contribution in [1.82, 2.24) is 4.57 Å². The molecule has 2 unspecified atom stereocenters. The molecular formula is C25H29NO. The lowest BCUT2D eigenvalue weighted by molar-refractivity contribution is -0.123. The average molecular weight is 360 g/mol. The van der Waals surface area contributed by atoms with Crippen molar-refractivity contribution in [2.75, 3.05) is 0 Å². The molecule has 27 heavy (non-hydrogen) atoms. The molecule has 2 nitrogen and oxygen atoms in total. The topological polar surface area (TPSA) is 22.0 Å². The highest BCUT2D eigenvalue weighted by atomic mass is 16.1. The normalized spacial score (nSPS) is 28.5. The van der Waals surface area contributed by atoms with Crippen molar-refractivity contribution in [3.63, 3.8) is 0 Å². The minimum absolute atomic E-state index is 0.312. The van der Waals surface area contributed by atoms with Crippen molar-refractivity contribution in [3.8, 4) is 11.3 Å². The summed E-state index contributed by atoms with van der Waals surface area (Å²) >= 11 is 0. The van der Waals surface area contributed by atoms with Crippen LogP contribution in [0.4, 0.5) is 0 Å². The number of ketones is 1. The van der Waals surface area contributed by atoms with Gasteiger partial charge in [0.25, 0.3) is 0 Å². The number of carbonyl (C=O) groups is 1. The molecule has 0 bridgehead atoms. The monoisotopic (exact) mass is 359 g/mol. The van der Waals surface area contributed by atoms with Crippen molar-refractivity contribution in [1.29, 1.82) is 0 Å². The smallest absolute Gasteiger partial charge is 0.135 e. The Hall–Kier alpha value is -2.09. The largest absolute Gasteiger partial charge is 0.344 e. The number of aromatic nitrogens is 1. The van der Waals surface area contributed by atoms with Crippen LogP contribution in [0, 0.1) is 17.8 Å².